The highest BCUT2D eigenvalue weighted by atomic mass is 19.3. The van der Waals surface area contributed by atoms with Crippen molar-refractivity contribution < 1.29 is 13.5 Å². The SMILES string of the molecule is CN(CC1CCC(F)(F)C1)C1CCOC1. The molecule has 0 spiro atoms. The highest BCUT2D eigenvalue weighted by Gasteiger charge is 2.40. The predicted octanol–water partition coefficient (Wildman–Crippen LogP) is 2.14. The molecule has 2 atom stereocenters. The maximum Gasteiger partial charge on any atom is 0.248 e. The van der Waals surface area contributed by atoms with E-state index in [1.54, 1.807) is 0 Å². The summed E-state index contributed by atoms with van der Waals surface area (Å²) in [6.07, 6.45) is 1.86. The first-order valence-electron chi connectivity index (χ1n) is 5.73. The van der Waals surface area contributed by atoms with Crippen molar-refractivity contribution in [2.45, 2.75) is 37.6 Å². The number of hydrogen-bond donors (Lipinski definition) is 0. The second-order valence-corrected chi connectivity index (χ2v) is 4.92. The van der Waals surface area contributed by atoms with Crippen molar-refractivity contribution in [3.05, 3.63) is 0 Å². The molecule has 1 saturated heterocycles. The van der Waals surface area contributed by atoms with Crippen molar-refractivity contribution in [1.29, 1.82) is 0 Å². The Labute approximate surface area is 89.6 Å². The number of halogens is 2. The van der Waals surface area contributed by atoms with E-state index in [0.717, 1.165) is 26.2 Å². The van der Waals surface area contributed by atoms with Gasteiger partial charge in [0.1, 0.15) is 0 Å². The van der Waals surface area contributed by atoms with Crippen LogP contribution in [0.5, 0.6) is 0 Å². The molecule has 2 unspecified atom stereocenters. The molecule has 0 N–H and O–H groups in total. The lowest BCUT2D eigenvalue weighted by atomic mass is 10.1. The molecule has 0 aromatic heterocycles. The molecular formula is C11H19F2NO. The van der Waals surface area contributed by atoms with Gasteiger partial charge >= 0.3 is 0 Å². The van der Waals surface area contributed by atoms with E-state index < -0.39 is 5.92 Å². The van der Waals surface area contributed by atoms with Gasteiger partial charge in [0.2, 0.25) is 5.92 Å². The molecule has 0 bridgehead atoms. The second kappa shape index (κ2) is 4.34. The summed E-state index contributed by atoms with van der Waals surface area (Å²) in [5.74, 6) is -2.23. The molecule has 88 valence electrons. The van der Waals surface area contributed by atoms with Crippen LogP contribution in [0.2, 0.25) is 0 Å². The van der Waals surface area contributed by atoms with Gasteiger partial charge in [-0.05, 0) is 25.8 Å². The lowest BCUT2D eigenvalue weighted by Gasteiger charge is -2.25. The third-order valence-electron chi connectivity index (χ3n) is 3.58. The fraction of sp³-hybridized carbons (Fsp3) is 1.00. The van der Waals surface area contributed by atoms with Gasteiger partial charge in [-0.25, -0.2) is 8.78 Å². The van der Waals surface area contributed by atoms with Crippen molar-refractivity contribution in [1.82, 2.24) is 4.90 Å². The van der Waals surface area contributed by atoms with E-state index in [1.807, 2.05) is 7.05 Å². The summed E-state index contributed by atoms with van der Waals surface area (Å²) in [6, 6.07) is 0.444. The number of alkyl halides is 2. The highest BCUT2D eigenvalue weighted by Crippen LogP contribution is 2.39. The molecule has 2 fully saturated rings. The van der Waals surface area contributed by atoms with Crippen molar-refractivity contribution >= 4 is 0 Å². The second-order valence-electron chi connectivity index (χ2n) is 4.92. The first kappa shape index (κ1) is 11.3. The van der Waals surface area contributed by atoms with Gasteiger partial charge in [0.15, 0.2) is 0 Å². The Hall–Kier alpha value is -0.220. The first-order valence-corrected chi connectivity index (χ1v) is 5.73. The molecule has 4 heteroatoms. The van der Waals surface area contributed by atoms with E-state index in [4.69, 9.17) is 4.74 Å². The van der Waals surface area contributed by atoms with Gasteiger partial charge in [-0.1, -0.05) is 0 Å². The Morgan fingerprint density at radius 2 is 2.20 bits per heavy atom. The fourth-order valence-electron chi connectivity index (χ4n) is 2.62. The summed E-state index contributed by atoms with van der Waals surface area (Å²) < 4.78 is 31.3. The largest absolute Gasteiger partial charge is 0.380 e. The number of hydrogen-bond acceptors (Lipinski definition) is 2. The normalized spacial score (nSPS) is 35.2. The van der Waals surface area contributed by atoms with Crippen LogP contribution in [0.3, 0.4) is 0 Å². The van der Waals surface area contributed by atoms with Gasteiger partial charge < -0.3 is 9.64 Å². The summed E-state index contributed by atoms with van der Waals surface area (Å²) >= 11 is 0. The molecule has 0 radical (unpaired) electrons. The summed E-state index contributed by atoms with van der Waals surface area (Å²) in [5, 5.41) is 0. The Kier molecular flexibility index (Phi) is 3.26. The number of likely N-dealkylation sites (N-methyl/N-ethyl adjacent to an activating group) is 1. The topological polar surface area (TPSA) is 12.5 Å². The van der Waals surface area contributed by atoms with Gasteiger partial charge in [0.25, 0.3) is 0 Å². The van der Waals surface area contributed by atoms with Gasteiger partial charge in [0, 0.05) is 32.0 Å². The van der Waals surface area contributed by atoms with E-state index in [1.165, 1.54) is 0 Å². The predicted molar refractivity (Wildman–Crippen MR) is 54.1 cm³/mol. The van der Waals surface area contributed by atoms with Gasteiger partial charge in [-0.2, -0.15) is 0 Å². The molecule has 0 aromatic carbocycles. The fourth-order valence-corrected chi connectivity index (χ4v) is 2.62. The Balaban J connectivity index is 1.77. The van der Waals surface area contributed by atoms with Gasteiger partial charge in [-0.15, -0.1) is 0 Å². The lowest BCUT2D eigenvalue weighted by molar-refractivity contribution is 0.00315. The molecular weight excluding hydrogens is 200 g/mol. The minimum atomic E-state index is -2.41. The minimum absolute atomic E-state index is 0.0743. The smallest absolute Gasteiger partial charge is 0.248 e. The zero-order valence-corrected chi connectivity index (χ0v) is 9.22. The minimum Gasteiger partial charge on any atom is -0.380 e. The monoisotopic (exact) mass is 219 g/mol. The first-order chi connectivity index (χ1) is 7.07. The van der Waals surface area contributed by atoms with E-state index in [0.29, 0.717) is 12.5 Å². The number of nitrogens with zero attached hydrogens (tertiary/aromatic N) is 1. The summed E-state index contributed by atoms with van der Waals surface area (Å²) in [7, 11) is 2.02. The molecule has 15 heavy (non-hydrogen) atoms. The van der Waals surface area contributed by atoms with Crippen LogP contribution in [0.1, 0.15) is 25.7 Å². The average Bonchev–Trinajstić information content (AvgIpc) is 2.74. The molecule has 1 aliphatic heterocycles. The maximum absolute atomic E-state index is 13.0. The standard InChI is InChI=1S/C11H19F2NO/c1-14(10-3-5-15-8-10)7-9-2-4-11(12,13)6-9/h9-10H,2-8H2,1H3. The molecule has 1 heterocycles. The zero-order chi connectivity index (χ0) is 10.9. The van der Waals surface area contributed by atoms with E-state index in [2.05, 4.69) is 4.90 Å². The van der Waals surface area contributed by atoms with Gasteiger partial charge in [0.05, 0.1) is 6.61 Å². The van der Waals surface area contributed by atoms with Crippen LogP contribution in [0.25, 0.3) is 0 Å². The van der Waals surface area contributed by atoms with Crippen molar-refractivity contribution in [2.24, 2.45) is 5.92 Å². The van der Waals surface area contributed by atoms with Crippen molar-refractivity contribution in [3.63, 3.8) is 0 Å². The summed E-state index contributed by atoms with van der Waals surface area (Å²) in [4.78, 5) is 2.19. The summed E-state index contributed by atoms with van der Waals surface area (Å²) in [5.41, 5.74) is 0. The molecule has 1 aliphatic carbocycles. The lowest BCUT2D eigenvalue weighted by Crippen LogP contribution is -2.35. The van der Waals surface area contributed by atoms with E-state index >= 15 is 0 Å². The third-order valence-corrected chi connectivity index (χ3v) is 3.58. The van der Waals surface area contributed by atoms with Crippen LogP contribution in [0.4, 0.5) is 8.78 Å². The van der Waals surface area contributed by atoms with Crippen LogP contribution < -0.4 is 0 Å². The molecule has 1 saturated carbocycles. The zero-order valence-electron chi connectivity index (χ0n) is 9.22. The quantitative estimate of drug-likeness (QED) is 0.721. The molecule has 0 amide bonds. The van der Waals surface area contributed by atoms with E-state index in [-0.39, 0.29) is 18.8 Å². The Morgan fingerprint density at radius 3 is 2.73 bits per heavy atom. The van der Waals surface area contributed by atoms with Crippen LogP contribution in [-0.2, 0) is 4.74 Å². The Bertz CT molecular complexity index is 217. The molecule has 2 nitrogen and oxygen atoms in total. The molecule has 2 aliphatic rings. The van der Waals surface area contributed by atoms with Crippen LogP contribution in [-0.4, -0.2) is 43.7 Å². The van der Waals surface area contributed by atoms with Crippen LogP contribution in [0, 0.1) is 5.92 Å². The maximum atomic E-state index is 13.0. The van der Waals surface area contributed by atoms with E-state index in [9.17, 15) is 8.78 Å². The highest BCUT2D eigenvalue weighted by molar-refractivity contribution is 4.84. The summed E-state index contributed by atoms with van der Waals surface area (Å²) in [6.45, 7) is 2.37. The molecule has 0 aromatic rings. The number of ether oxygens (including phenoxy) is 1. The van der Waals surface area contributed by atoms with Crippen LogP contribution >= 0.6 is 0 Å². The Morgan fingerprint density at radius 1 is 1.40 bits per heavy atom. The average molecular weight is 219 g/mol. The third kappa shape index (κ3) is 2.88. The number of rotatable bonds is 3. The van der Waals surface area contributed by atoms with Crippen molar-refractivity contribution in [3.8, 4) is 0 Å². The van der Waals surface area contributed by atoms with Crippen LogP contribution in [0.15, 0.2) is 0 Å². The van der Waals surface area contributed by atoms with Crippen molar-refractivity contribution in [2.75, 3.05) is 26.8 Å². The van der Waals surface area contributed by atoms with Gasteiger partial charge in [-0.3, -0.25) is 0 Å². The molecule has 2 rings (SSSR count).